The van der Waals surface area contributed by atoms with Gasteiger partial charge in [-0.1, -0.05) is 57.9 Å². The largest absolute Gasteiger partial charge is 0.491 e. The van der Waals surface area contributed by atoms with Crippen LogP contribution < -0.4 is 19.7 Å². The van der Waals surface area contributed by atoms with Crippen molar-refractivity contribution < 1.29 is 28.0 Å². The zero-order chi connectivity index (χ0) is 37.3. The van der Waals surface area contributed by atoms with Crippen LogP contribution in [0.4, 0.5) is 10.5 Å². The Bertz CT molecular complexity index is 1580. The Labute approximate surface area is 317 Å². The van der Waals surface area contributed by atoms with Crippen molar-refractivity contribution in [1.82, 2.24) is 14.9 Å². The van der Waals surface area contributed by atoms with Crippen LogP contribution in [0.25, 0.3) is 0 Å². The van der Waals surface area contributed by atoms with Crippen molar-refractivity contribution in [3.63, 3.8) is 0 Å². The monoisotopic (exact) mass is 756 g/mol. The minimum absolute atomic E-state index is 0.0190. The van der Waals surface area contributed by atoms with Crippen molar-refractivity contribution in [2.45, 2.75) is 108 Å². The minimum Gasteiger partial charge on any atom is -0.491 e. The van der Waals surface area contributed by atoms with Crippen molar-refractivity contribution in [1.29, 1.82) is 0 Å². The van der Waals surface area contributed by atoms with Crippen LogP contribution in [0, 0.1) is 5.92 Å². The van der Waals surface area contributed by atoms with Crippen molar-refractivity contribution in [3.05, 3.63) is 64.7 Å². The molecule has 1 saturated heterocycles. The van der Waals surface area contributed by atoms with E-state index >= 15 is 0 Å². The van der Waals surface area contributed by atoms with Crippen LogP contribution in [0.2, 0.25) is 5.02 Å². The highest BCUT2D eigenvalue weighted by Gasteiger charge is 2.48. The van der Waals surface area contributed by atoms with Crippen molar-refractivity contribution in [2.24, 2.45) is 5.92 Å². The molecule has 10 nitrogen and oxygen atoms in total. The normalized spacial score (nSPS) is 26.8. The molecule has 286 valence electrons. The molecule has 52 heavy (non-hydrogen) atoms. The molecule has 1 spiro atoms. The van der Waals surface area contributed by atoms with Crippen LogP contribution in [0.15, 0.2) is 53.4 Å². The number of anilines is 1. The molecule has 2 N–H and O–H groups in total. The second-order valence-electron chi connectivity index (χ2n) is 14.1. The lowest BCUT2D eigenvalue weighted by Crippen LogP contribution is -2.61. The van der Waals surface area contributed by atoms with Crippen LogP contribution in [0.3, 0.4) is 0 Å². The molecule has 3 aliphatic heterocycles. The second kappa shape index (κ2) is 18.8. The van der Waals surface area contributed by atoms with E-state index in [9.17, 15) is 13.8 Å². The molecule has 2 fully saturated rings. The van der Waals surface area contributed by atoms with E-state index in [1.807, 2.05) is 56.1 Å². The summed E-state index contributed by atoms with van der Waals surface area (Å²) >= 11 is 6.45. The maximum Gasteiger partial charge on any atom is 0.408 e. The number of carbonyl (C=O) groups is 2. The van der Waals surface area contributed by atoms with Crippen LogP contribution in [-0.2, 0) is 31.7 Å². The van der Waals surface area contributed by atoms with Gasteiger partial charge in [-0.25, -0.2) is 9.00 Å². The fourth-order valence-electron chi connectivity index (χ4n) is 7.69. The van der Waals surface area contributed by atoms with Gasteiger partial charge < -0.3 is 24.4 Å². The number of carbonyl (C=O) groups excluding carboxylic acids is 2. The third kappa shape index (κ3) is 9.32. The maximum atomic E-state index is 13.8. The van der Waals surface area contributed by atoms with Gasteiger partial charge in [0.2, 0.25) is 0 Å². The third-order valence-electron chi connectivity index (χ3n) is 10.9. The molecule has 5 atom stereocenters. The van der Waals surface area contributed by atoms with E-state index in [0.717, 1.165) is 49.2 Å². The van der Waals surface area contributed by atoms with Gasteiger partial charge >= 0.3 is 6.09 Å². The highest BCUT2D eigenvalue weighted by molar-refractivity contribution is 7.83. The van der Waals surface area contributed by atoms with E-state index in [1.165, 1.54) is 11.1 Å². The number of fused-ring (bicyclic) bond motifs is 1. The SMILES string of the molecule is CC.CCCc1cc(Cl)ccc1C1COc2ccc3cc2N(CCC(CC)C(OC(=O)NC2CCOC2)/C=C/CN(C)C2(CCC2)C(=O)NS3=O)C1. The van der Waals surface area contributed by atoms with E-state index in [0.29, 0.717) is 62.9 Å². The lowest BCUT2D eigenvalue weighted by molar-refractivity contribution is -0.136. The molecular weight excluding hydrogens is 700 g/mol. The molecule has 1 aliphatic carbocycles. The predicted octanol–water partition coefficient (Wildman–Crippen LogP) is 7.16. The van der Waals surface area contributed by atoms with Gasteiger partial charge in [0, 0.05) is 43.1 Å². The summed E-state index contributed by atoms with van der Waals surface area (Å²) in [5.74, 6) is 0.545. The Morgan fingerprint density at radius 3 is 2.63 bits per heavy atom. The second-order valence-corrected chi connectivity index (χ2v) is 15.8. The van der Waals surface area contributed by atoms with Gasteiger partial charge in [-0.2, -0.15) is 0 Å². The van der Waals surface area contributed by atoms with Gasteiger partial charge in [-0.15, -0.1) is 0 Å². The number of hydrogen-bond donors (Lipinski definition) is 2. The first-order valence-electron chi connectivity index (χ1n) is 19.2. The lowest BCUT2D eigenvalue weighted by Gasteiger charge is -2.46. The zero-order valence-corrected chi connectivity index (χ0v) is 33.0. The summed E-state index contributed by atoms with van der Waals surface area (Å²) in [5, 5.41) is 3.71. The van der Waals surface area contributed by atoms with Crippen LogP contribution in [0.5, 0.6) is 5.75 Å². The molecule has 2 aromatic carbocycles. The number of rotatable bonds is 6. The quantitative estimate of drug-likeness (QED) is 0.299. The molecule has 3 heterocycles. The zero-order valence-electron chi connectivity index (χ0n) is 31.5. The van der Waals surface area contributed by atoms with Crippen molar-refractivity contribution in [2.75, 3.05) is 51.4 Å². The summed E-state index contributed by atoms with van der Waals surface area (Å²) in [6, 6.07) is 11.6. The first kappa shape index (κ1) is 40.1. The Balaban J connectivity index is 0.00000257. The van der Waals surface area contributed by atoms with Crippen molar-refractivity contribution >= 4 is 40.3 Å². The Hall–Kier alpha value is -3.12. The molecule has 0 aromatic heterocycles. The highest BCUT2D eigenvalue weighted by Crippen LogP contribution is 2.40. The summed E-state index contributed by atoms with van der Waals surface area (Å²) in [4.78, 5) is 31.8. The number of benzene rings is 2. The Kier molecular flexibility index (Phi) is 14.5. The van der Waals surface area contributed by atoms with Crippen LogP contribution >= 0.6 is 11.6 Å². The van der Waals surface area contributed by atoms with Gasteiger partial charge in [0.25, 0.3) is 5.91 Å². The molecular formula is C40H57ClN4O6S. The molecule has 5 unspecified atom stereocenters. The fourth-order valence-corrected chi connectivity index (χ4v) is 8.78. The van der Waals surface area contributed by atoms with Gasteiger partial charge in [0.05, 0.1) is 29.8 Å². The Morgan fingerprint density at radius 2 is 1.94 bits per heavy atom. The summed E-state index contributed by atoms with van der Waals surface area (Å²) in [6.07, 6.45) is 9.55. The van der Waals surface area contributed by atoms with E-state index < -0.39 is 28.7 Å². The number of nitrogens with zero attached hydrogens (tertiary/aromatic N) is 2. The van der Waals surface area contributed by atoms with E-state index in [2.05, 4.69) is 40.9 Å². The first-order chi connectivity index (χ1) is 25.2. The van der Waals surface area contributed by atoms with Gasteiger partial charge in [-0.05, 0) is 99.5 Å². The summed E-state index contributed by atoms with van der Waals surface area (Å²) < 4.78 is 34.7. The molecule has 4 aliphatic rings. The lowest BCUT2D eigenvalue weighted by atomic mass is 9.75. The molecule has 6 rings (SSSR count). The fraction of sp³-hybridized carbons (Fsp3) is 0.600. The molecule has 2 bridgehead atoms. The molecule has 2 aromatic rings. The number of alkyl carbamates (subject to hydrolysis) is 1. The molecule has 12 heteroatoms. The third-order valence-corrected chi connectivity index (χ3v) is 12.2. The van der Waals surface area contributed by atoms with Crippen LogP contribution in [0.1, 0.15) is 89.7 Å². The van der Waals surface area contributed by atoms with E-state index in [1.54, 1.807) is 6.07 Å². The van der Waals surface area contributed by atoms with Crippen molar-refractivity contribution in [3.8, 4) is 5.75 Å². The van der Waals surface area contributed by atoms with Gasteiger partial charge in [0.15, 0.2) is 11.0 Å². The number of likely N-dealkylation sites (N-methyl/N-ethyl adjacent to an activating group) is 1. The maximum absolute atomic E-state index is 13.8. The average Bonchev–Trinajstić information content (AvgIpc) is 3.55. The topological polar surface area (TPSA) is 109 Å². The number of ether oxygens (including phenoxy) is 3. The number of hydrogen-bond acceptors (Lipinski definition) is 8. The predicted molar refractivity (Wildman–Crippen MR) is 208 cm³/mol. The number of amides is 2. The average molecular weight is 757 g/mol. The molecule has 2 amide bonds. The molecule has 1 saturated carbocycles. The highest BCUT2D eigenvalue weighted by atomic mass is 35.5. The molecule has 0 radical (unpaired) electrons. The number of nitrogens with one attached hydrogen (secondary N) is 2. The smallest absolute Gasteiger partial charge is 0.408 e. The number of halogens is 1. The first-order valence-corrected chi connectivity index (χ1v) is 20.7. The number of aryl methyl sites for hydroxylation is 1. The Morgan fingerprint density at radius 1 is 1.13 bits per heavy atom. The van der Waals surface area contributed by atoms with E-state index in [4.69, 9.17) is 25.8 Å². The summed E-state index contributed by atoms with van der Waals surface area (Å²) in [5.41, 5.74) is 2.52. The van der Waals surface area contributed by atoms with Gasteiger partial charge in [0.1, 0.15) is 17.4 Å². The van der Waals surface area contributed by atoms with E-state index in [-0.39, 0.29) is 23.8 Å². The summed E-state index contributed by atoms with van der Waals surface area (Å²) in [6.45, 7) is 11.7. The van der Waals surface area contributed by atoms with Crippen LogP contribution in [-0.4, -0.2) is 85.3 Å². The minimum atomic E-state index is -1.75. The van der Waals surface area contributed by atoms with Gasteiger partial charge in [-0.3, -0.25) is 14.4 Å². The standard InChI is InChI=1S/C38H51ClN4O6S.C2H6/c1-4-8-27-21-29(39)10-12-32(27)28-23-43-19-14-26(5-2)34(49-37(45)40-30-15-20-47-25-30)9-6-18-42(3)38(16-7-17-38)36(44)41-50(46)31-11-13-35(48-24-28)33(43)22-31;1-2/h6,9-13,21-22,26,28,30,34H,4-5,7-8,14-20,23-25H2,1-3H3,(H,40,45)(H,41,44);1-2H3/b9-6+;. The summed E-state index contributed by atoms with van der Waals surface area (Å²) in [7, 11) is 0.176.